The van der Waals surface area contributed by atoms with Crippen molar-refractivity contribution in [3.05, 3.63) is 47.4 Å². The van der Waals surface area contributed by atoms with Crippen molar-refractivity contribution >= 4 is 5.69 Å². The topological polar surface area (TPSA) is 73.2 Å². The van der Waals surface area contributed by atoms with E-state index in [2.05, 4.69) is 6.07 Å². The average Bonchev–Trinajstić information content (AvgIpc) is 2.78. The highest BCUT2D eigenvalue weighted by Gasteiger charge is 2.17. The maximum Gasteiger partial charge on any atom is 0.219 e. The largest absolute Gasteiger partial charge is 0.472 e. The third-order valence-electron chi connectivity index (χ3n) is 3.16. The van der Waals surface area contributed by atoms with Crippen molar-refractivity contribution in [1.29, 1.82) is 5.26 Å². The van der Waals surface area contributed by atoms with Crippen molar-refractivity contribution in [2.24, 2.45) is 0 Å². The van der Waals surface area contributed by atoms with E-state index < -0.39 is 0 Å². The number of nitrogens with two attached hydrogens (primary N) is 1. The number of nitrogens with zero attached hydrogens (tertiary/aromatic N) is 2. The molecule has 1 heterocycles. The Labute approximate surface area is 128 Å². The summed E-state index contributed by atoms with van der Waals surface area (Å²) in [7, 11) is 1.58. The summed E-state index contributed by atoms with van der Waals surface area (Å²) in [6.07, 6.45) is -0.208. The summed E-state index contributed by atoms with van der Waals surface area (Å²) in [5, 5.41) is 9.25. The number of hydrogen-bond acceptors (Lipinski definition) is 4. The minimum absolute atomic E-state index is 0.208. The van der Waals surface area contributed by atoms with E-state index in [-0.39, 0.29) is 11.9 Å². The Bertz CT molecular complexity index is 674. The molecule has 0 fully saturated rings. The lowest BCUT2D eigenvalue weighted by Crippen LogP contribution is -2.20. The quantitative estimate of drug-likeness (QED) is 0.890. The first kappa shape index (κ1) is 15.9. The van der Waals surface area contributed by atoms with Crippen molar-refractivity contribution in [2.75, 3.05) is 19.5 Å². The Morgan fingerprint density at radius 2 is 2.05 bits per heavy atom. The average molecular weight is 303 g/mol. The van der Waals surface area contributed by atoms with Gasteiger partial charge in [0.2, 0.25) is 5.88 Å². The fourth-order valence-corrected chi connectivity index (χ4v) is 2.17. The van der Waals surface area contributed by atoms with Gasteiger partial charge in [0, 0.05) is 13.2 Å². The van der Waals surface area contributed by atoms with Crippen LogP contribution in [-0.4, -0.2) is 24.4 Å². The molecule has 0 aliphatic rings. The zero-order valence-corrected chi connectivity index (χ0v) is 12.5. The van der Waals surface area contributed by atoms with Crippen LogP contribution < -0.4 is 10.5 Å². The van der Waals surface area contributed by atoms with E-state index in [0.29, 0.717) is 30.4 Å². The molecule has 1 aromatic heterocycles. The van der Waals surface area contributed by atoms with Gasteiger partial charge in [-0.2, -0.15) is 5.26 Å². The van der Waals surface area contributed by atoms with E-state index in [9.17, 15) is 9.65 Å². The van der Waals surface area contributed by atoms with Gasteiger partial charge in [0.05, 0.1) is 18.8 Å². The van der Waals surface area contributed by atoms with Crippen molar-refractivity contribution in [1.82, 2.24) is 4.57 Å². The highest BCUT2D eigenvalue weighted by atomic mass is 19.1. The SMILES string of the molecule is COCC(C)Oc1c(N)cc(C#N)n1Cc1ccc(F)cc1. The summed E-state index contributed by atoms with van der Waals surface area (Å²) in [4.78, 5) is 0. The highest BCUT2D eigenvalue weighted by molar-refractivity contribution is 5.55. The lowest BCUT2D eigenvalue weighted by Gasteiger charge is -2.17. The van der Waals surface area contributed by atoms with Gasteiger partial charge in [0.15, 0.2) is 0 Å². The molecule has 0 spiro atoms. The number of nitrogen functional groups attached to an aromatic ring is 1. The van der Waals surface area contributed by atoms with Crippen LogP contribution in [0.5, 0.6) is 5.88 Å². The second-order valence-corrected chi connectivity index (χ2v) is 5.00. The Morgan fingerprint density at radius 3 is 2.64 bits per heavy atom. The van der Waals surface area contributed by atoms with Gasteiger partial charge in [-0.1, -0.05) is 12.1 Å². The molecule has 22 heavy (non-hydrogen) atoms. The first-order chi connectivity index (χ1) is 10.5. The van der Waals surface area contributed by atoms with Crippen LogP contribution in [0.3, 0.4) is 0 Å². The maximum atomic E-state index is 13.0. The van der Waals surface area contributed by atoms with Crippen LogP contribution in [0, 0.1) is 17.1 Å². The minimum atomic E-state index is -0.304. The van der Waals surface area contributed by atoms with E-state index in [1.807, 2.05) is 6.92 Å². The van der Waals surface area contributed by atoms with Crippen LogP contribution in [0.1, 0.15) is 18.2 Å². The van der Waals surface area contributed by atoms with Crippen LogP contribution in [0.4, 0.5) is 10.1 Å². The summed E-state index contributed by atoms with van der Waals surface area (Å²) >= 11 is 0. The van der Waals surface area contributed by atoms with E-state index in [0.717, 1.165) is 5.56 Å². The number of nitriles is 1. The first-order valence-corrected chi connectivity index (χ1v) is 6.84. The van der Waals surface area contributed by atoms with Gasteiger partial charge in [0.25, 0.3) is 0 Å². The molecule has 2 rings (SSSR count). The Balaban J connectivity index is 2.31. The van der Waals surface area contributed by atoms with Crippen molar-refractivity contribution in [3.63, 3.8) is 0 Å². The van der Waals surface area contributed by atoms with Gasteiger partial charge >= 0.3 is 0 Å². The van der Waals surface area contributed by atoms with E-state index in [1.54, 1.807) is 29.9 Å². The zero-order valence-electron chi connectivity index (χ0n) is 12.5. The van der Waals surface area contributed by atoms with Gasteiger partial charge in [-0.15, -0.1) is 0 Å². The number of anilines is 1. The molecule has 0 amide bonds. The third kappa shape index (κ3) is 3.57. The lowest BCUT2D eigenvalue weighted by molar-refractivity contribution is 0.0869. The molecule has 0 aliphatic carbocycles. The number of benzene rings is 1. The molecule has 6 heteroatoms. The fraction of sp³-hybridized carbons (Fsp3) is 0.312. The molecular weight excluding hydrogens is 285 g/mol. The van der Waals surface area contributed by atoms with E-state index >= 15 is 0 Å². The molecule has 0 aliphatic heterocycles. The molecule has 0 saturated heterocycles. The van der Waals surface area contributed by atoms with Crippen molar-refractivity contribution in [2.45, 2.75) is 19.6 Å². The summed E-state index contributed by atoms with van der Waals surface area (Å²) in [5.41, 5.74) is 7.57. The molecule has 5 nitrogen and oxygen atoms in total. The monoisotopic (exact) mass is 303 g/mol. The van der Waals surface area contributed by atoms with E-state index in [1.165, 1.54) is 12.1 Å². The Hall–Kier alpha value is -2.52. The van der Waals surface area contributed by atoms with Crippen LogP contribution in [0.2, 0.25) is 0 Å². The van der Waals surface area contributed by atoms with Crippen LogP contribution in [0.25, 0.3) is 0 Å². The van der Waals surface area contributed by atoms with Gasteiger partial charge in [-0.25, -0.2) is 4.39 Å². The fourth-order valence-electron chi connectivity index (χ4n) is 2.17. The van der Waals surface area contributed by atoms with Crippen LogP contribution in [-0.2, 0) is 11.3 Å². The summed E-state index contributed by atoms with van der Waals surface area (Å²) in [6.45, 7) is 2.63. The smallest absolute Gasteiger partial charge is 0.219 e. The normalized spacial score (nSPS) is 11.9. The molecule has 2 N–H and O–H groups in total. The van der Waals surface area contributed by atoms with Gasteiger partial charge in [-0.3, -0.25) is 4.57 Å². The van der Waals surface area contributed by atoms with Gasteiger partial charge in [-0.05, 0) is 24.6 Å². The molecule has 1 aromatic carbocycles. The molecule has 0 bridgehead atoms. The predicted octanol–water partition coefficient (Wildman–Crippen LogP) is 2.54. The highest BCUT2D eigenvalue weighted by Crippen LogP contribution is 2.28. The van der Waals surface area contributed by atoms with E-state index in [4.69, 9.17) is 15.2 Å². The second kappa shape index (κ2) is 6.96. The summed E-state index contributed by atoms with van der Waals surface area (Å²) in [5.74, 6) is 0.117. The number of aromatic nitrogens is 1. The number of methoxy groups -OCH3 is 1. The molecule has 116 valence electrons. The predicted molar refractivity (Wildman–Crippen MR) is 81.0 cm³/mol. The lowest BCUT2D eigenvalue weighted by atomic mass is 10.2. The van der Waals surface area contributed by atoms with Crippen LogP contribution >= 0.6 is 0 Å². The van der Waals surface area contributed by atoms with Crippen molar-refractivity contribution < 1.29 is 13.9 Å². The first-order valence-electron chi connectivity index (χ1n) is 6.84. The van der Waals surface area contributed by atoms with Gasteiger partial charge in [0.1, 0.15) is 23.7 Å². The third-order valence-corrected chi connectivity index (χ3v) is 3.16. The second-order valence-electron chi connectivity index (χ2n) is 5.00. The minimum Gasteiger partial charge on any atom is -0.472 e. The number of hydrogen-bond donors (Lipinski definition) is 1. The number of rotatable bonds is 6. The zero-order chi connectivity index (χ0) is 16.1. The van der Waals surface area contributed by atoms with Crippen LogP contribution in [0.15, 0.2) is 30.3 Å². The molecule has 0 saturated carbocycles. The Morgan fingerprint density at radius 1 is 1.36 bits per heavy atom. The molecule has 0 radical (unpaired) electrons. The molecule has 1 unspecified atom stereocenters. The van der Waals surface area contributed by atoms with Gasteiger partial charge < -0.3 is 15.2 Å². The molecule has 2 aromatic rings. The Kier molecular flexibility index (Phi) is 5.02. The standard InChI is InChI=1S/C16H18FN3O2/c1-11(10-21-2)22-16-15(19)7-14(8-18)20(16)9-12-3-5-13(17)6-4-12/h3-7,11H,9-10,19H2,1-2H3. The molecule has 1 atom stereocenters. The van der Waals surface area contributed by atoms with Crippen molar-refractivity contribution in [3.8, 4) is 11.9 Å². The molecular formula is C16H18FN3O2. The summed E-state index contributed by atoms with van der Waals surface area (Å²) < 4.78 is 25.5. The summed E-state index contributed by atoms with van der Waals surface area (Å²) in [6, 6.07) is 9.74. The number of halogens is 1. The number of ether oxygens (including phenoxy) is 2. The maximum absolute atomic E-state index is 13.0.